The van der Waals surface area contributed by atoms with Crippen molar-refractivity contribution in [1.29, 1.82) is 0 Å². The highest BCUT2D eigenvalue weighted by Gasteiger charge is 2.34. The maximum atomic E-state index is 3.77. The molecule has 3 unspecified atom stereocenters. The summed E-state index contributed by atoms with van der Waals surface area (Å²) in [6, 6.07) is 10.2. The van der Waals surface area contributed by atoms with Gasteiger partial charge in [-0.2, -0.15) is 0 Å². The van der Waals surface area contributed by atoms with E-state index in [0.717, 1.165) is 12.0 Å². The van der Waals surface area contributed by atoms with Crippen LogP contribution < -0.4 is 10.6 Å². The van der Waals surface area contributed by atoms with Crippen LogP contribution in [0.5, 0.6) is 0 Å². The van der Waals surface area contributed by atoms with Crippen molar-refractivity contribution in [3.63, 3.8) is 0 Å². The van der Waals surface area contributed by atoms with Crippen LogP contribution in [0.1, 0.15) is 37.7 Å². The van der Waals surface area contributed by atoms with Crippen molar-refractivity contribution in [2.75, 3.05) is 11.9 Å². The van der Waals surface area contributed by atoms with E-state index in [1.54, 1.807) is 0 Å². The van der Waals surface area contributed by atoms with E-state index < -0.39 is 0 Å². The first-order chi connectivity index (χ1) is 8.83. The Labute approximate surface area is 110 Å². The fourth-order valence-electron chi connectivity index (χ4n) is 3.68. The number of hydrogen-bond donors (Lipinski definition) is 2. The molecule has 1 heterocycles. The lowest BCUT2D eigenvalue weighted by atomic mass is 9.93. The Balaban J connectivity index is 1.67. The summed E-state index contributed by atoms with van der Waals surface area (Å²) >= 11 is 0. The van der Waals surface area contributed by atoms with Crippen molar-refractivity contribution in [2.45, 2.75) is 51.1 Å². The van der Waals surface area contributed by atoms with Crippen LogP contribution in [-0.4, -0.2) is 18.6 Å². The van der Waals surface area contributed by atoms with Gasteiger partial charge in [-0.05, 0) is 62.8 Å². The average Bonchev–Trinajstić information content (AvgIpc) is 2.98. The van der Waals surface area contributed by atoms with E-state index in [-0.39, 0.29) is 0 Å². The van der Waals surface area contributed by atoms with Crippen LogP contribution >= 0.6 is 0 Å². The van der Waals surface area contributed by atoms with E-state index in [4.69, 9.17) is 0 Å². The molecule has 1 aromatic carbocycles. The third-order valence-electron chi connectivity index (χ3n) is 4.55. The standard InChI is InChI=1S/C16H24N2/c1-12-5-2-6-13(11-12)18-16-8-3-7-14(16)15-9-4-10-17-15/h2,5-6,11,14-18H,3-4,7-10H2,1H3. The van der Waals surface area contributed by atoms with Crippen LogP contribution in [0.3, 0.4) is 0 Å². The largest absolute Gasteiger partial charge is 0.382 e. The molecule has 3 atom stereocenters. The number of aryl methyl sites for hydroxylation is 1. The van der Waals surface area contributed by atoms with Crippen molar-refractivity contribution in [3.05, 3.63) is 29.8 Å². The van der Waals surface area contributed by atoms with Gasteiger partial charge in [-0.15, -0.1) is 0 Å². The van der Waals surface area contributed by atoms with E-state index in [9.17, 15) is 0 Å². The molecule has 1 aliphatic heterocycles. The van der Waals surface area contributed by atoms with Crippen molar-refractivity contribution >= 4 is 5.69 Å². The van der Waals surface area contributed by atoms with Crippen molar-refractivity contribution in [3.8, 4) is 0 Å². The van der Waals surface area contributed by atoms with Gasteiger partial charge in [-0.25, -0.2) is 0 Å². The van der Waals surface area contributed by atoms with Crippen molar-refractivity contribution in [2.24, 2.45) is 5.92 Å². The molecule has 1 aliphatic carbocycles. The molecule has 2 heteroatoms. The van der Waals surface area contributed by atoms with Crippen LogP contribution in [0.2, 0.25) is 0 Å². The molecule has 2 fully saturated rings. The van der Waals surface area contributed by atoms with Gasteiger partial charge in [-0.1, -0.05) is 18.6 Å². The predicted molar refractivity (Wildman–Crippen MR) is 77.0 cm³/mol. The van der Waals surface area contributed by atoms with Gasteiger partial charge in [0.05, 0.1) is 0 Å². The second kappa shape index (κ2) is 5.31. The summed E-state index contributed by atoms with van der Waals surface area (Å²) in [4.78, 5) is 0. The normalized spacial score (nSPS) is 31.7. The Hall–Kier alpha value is -1.02. The molecular weight excluding hydrogens is 220 g/mol. The lowest BCUT2D eigenvalue weighted by Crippen LogP contribution is -2.38. The number of rotatable bonds is 3. The summed E-state index contributed by atoms with van der Waals surface area (Å²) in [6.07, 6.45) is 6.83. The Morgan fingerprint density at radius 1 is 1.17 bits per heavy atom. The van der Waals surface area contributed by atoms with Gasteiger partial charge >= 0.3 is 0 Å². The van der Waals surface area contributed by atoms with E-state index in [1.807, 2.05) is 0 Å². The zero-order valence-corrected chi connectivity index (χ0v) is 11.3. The summed E-state index contributed by atoms with van der Waals surface area (Å²) in [6.45, 7) is 3.38. The smallest absolute Gasteiger partial charge is 0.0345 e. The predicted octanol–water partition coefficient (Wildman–Crippen LogP) is 3.33. The second-order valence-corrected chi connectivity index (χ2v) is 5.92. The molecule has 0 amide bonds. The Morgan fingerprint density at radius 3 is 2.89 bits per heavy atom. The lowest BCUT2D eigenvalue weighted by molar-refractivity contribution is 0.376. The monoisotopic (exact) mass is 244 g/mol. The molecule has 1 saturated heterocycles. The molecular formula is C16H24N2. The van der Waals surface area contributed by atoms with E-state index >= 15 is 0 Å². The van der Waals surface area contributed by atoms with Gasteiger partial charge in [0, 0.05) is 17.8 Å². The molecule has 3 rings (SSSR count). The highest BCUT2D eigenvalue weighted by atomic mass is 15.0. The summed E-state index contributed by atoms with van der Waals surface area (Å²) in [5.74, 6) is 0.827. The molecule has 0 bridgehead atoms. The van der Waals surface area contributed by atoms with Gasteiger partial charge in [0.2, 0.25) is 0 Å². The molecule has 2 N–H and O–H groups in total. The maximum Gasteiger partial charge on any atom is 0.0345 e. The van der Waals surface area contributed by atoms with Crippen LogP contribution in [0.25, 0.3) is 0 Å². The zero-order chi connectivity index (χ0) is 12.4. The topological polar surface area (TPSA) is 24.1 Å². The van der Waals surface area contributed by atoms with Gasteiger partial charge < -0.3 is 10.6 Å². The van der Waals surface area contributed by atoms with E-state index in [0.29, 0.717) is 6.04 Å². The van der Waals surface area contributed by atoms with Gasteiger partial charge in [0.25, 0.3) is 0 Å². The lowest BCUT2D eigenvalue weighted by Gasteiger charge is -2.27. The number of nitrogens with one attached hydrogen (secondary N) is 2. The van der Waals surface area contributed by atoms with Crippen LogP contribution in [0.4, 0.5) is 5.69 Å². The van der Waals surface area contributed by atoms with Crippen LogP contribution in [0, 0.1) is 12.8 Å². The Morgan fingerprint density at radius 2 is 2.11 bits per heavy atom. The number of benzene rings is 1. The highest BCUT2D eigenvalue weighted by Crippen LogP contribution is 2.33. The van der Waals surface area contributed by atoms with E-state index in [1.165, 1.54) is 49.9 Å². The third kappa shape index (κ3) is 2.54. The van der Waals surface area contributed by atoms with Crippen molar-refractivity contribution < 1.29 is 0 Å². The summed E-state index contributed by atoms with van der Waals surface area (Å²) in [5, 5.41) is 7.45. The van der Waals surface area contributed by atoms with Gasteiger partial charge in [0.15, 0.2) is 0 Å². The molecule has 0 aromatic heterocycles. The third-order valence-corrected chi connectivity index (χ3v) is 4.55. The second-order valence-electron chi connectivity index (χ2n) is 5.92. The molecule has 2 nitrogen and oxygen atoms in total. The fraction of sp³-hybridized carbons (Fsp3) is 0.625. The maximum absolute atomic E-state index is 3.77. The van der Waals surface area contributed by atoms with Crippen molar-refractivity contribution in [1.82, 2.24) is 5.32 Å². The molecule has 18 heavy (non-hydrogen) atoms. The molecule has 1 saturated carbocycles. The van der Waals surface area contributed by atoms with Crippen LogP contribution in [0.15, 0.2) is 24.3 Å². The van der Waals surface area contributed by atoms with E-state index in [2.05, 4.69) is 41.8 Å². The minimum atomic E-state index is 0.669. The molecule has 1 aromatic rings. The Kier molecular flexibility index (Phi) is 3.55. The first-order valence-electron chi connectivity index (χ1n) is 7.39. The molecule has 0 spiro atoms. The Bertz CT molecular complexity index is 396. The quantitative estimate of drug-likeness (QED) is 0.852. The summed E-state index contributed by atoms with van der Waals surface area (Å²) < 4.78 is 0. The minimum absolute atomic E-state index is 0.669. The zero-order valence-electron chi connectivity index (χ0n) is 11.3. The SMILES string of the molecule is Cc1cccc(NC2CCCC2C2CCCN2)c1. The van der Waals surface area contributed by atoms with Gasteiger partial charge in [0.1, 0.15) is 0 Å². The summed E-state index contributed by atoms with van der Waals surface area (Å²) in [5.41, 5.74) is 2.64. The molecule has 98 valence electrons. The minimum Gasteiger partial charge on any atom is -0.382 e. The fourth-order valence-corrected chi connectivity index (χ4v) is 3.68. The highest BCUT2D eigenvalue weighted by molar-refractivity contribution is 5.46. The molecule has 0 radical (unpaired) electrons. The number of hydrogen-bond acceptors (Lipinski definition) is 2. The molecule has 2 aliphatic rings. The first-order valence-corrected chi connectivity index (χ1v) is 7.39. The average molecular weight is 244 g/mol. The van der Waals surface area contributed by atoms with Crippen LogP contribution in [-0.2, 0) is 0 Å². The van der Waals surface area contributed by atoms with Gasteiger partial charge in [-0.3, -0.25) is 0 Å². The number of anilines is 1. The summed E-state index contributed by atoms with van der Waals surface area (Å²) in [7, 11) is 0. The first kappa shape index (κ1) is 12.0.